The van der Waals surface area contributed by atoms with Crippen LogP contribution in [0.25, 0.3) is 0 Å². The summed E-state index contributed by atoms with van der Waals surface area (Å²) in [4.78, 5) is 11.7. The molecule has 0 aliphatic rings. The van der Waals surface area contributed by atoms with Gasteiger partial charge >= 0.3 is 0 Å². The lowest BCUT2D eigenvalue weighted by atomic mass is 10.2. The minimum absolute atomic E-state index is 0.169. The summed E-state index contributed by atoms with van der Waals surface area (Å²) in [5.74, 6) is -0.169. The topological polar surface area (TPSA) is 71.3 Å². The number of hydrogen-bond acceptors (Lipinski definition) is 4. The van der Waals surface area contributed by atoms with Crippen molar-refractivity contribution in [2.24, 2.45) is 0 Å². The molecule has 0 saturated heterocycles. The van der Waals surface area contributed by atoms with Crippen LogP contribution < -0.4 is 5.32 Å². The Morgan fingerprint density at radius 1 is 1.30 bits per heavy atom. The van der Waals surface area contributed by atoms with Gasteiger partial charge in [-0.1, -0.05) is 12.1 Å². The number of anilines is 1. The first kappa shape index (κ1) is 16.2. The first-order valence-corrected chi connectivity index (χ1v) is 6.62. The molecule has 0 fully saturated rings. The molecule has 0 unspecified atom stereocenters. The molecule has 0 aliphatic heterocycles. The lowest BCUT2D eigenvalue weighted by Gasteiger charge is -2.09. The van der Waals surface area contributed by atoms with Gasteiger partial charge in [0.2, 0.25) is 5.91 Å². The quantitative estimate of drug-likeness (QED) is 0.740. The maximum atomic E-state index is 11.7. The Kier molecular flexibility index (Phi) is 7.33. The third kappa shape index (κ3) is 6.32. The molecule has 0 saturated carbocycles. The monoisotopic (exact) mass is 276 g/mol. The van der Waals surface area contributed by atoms with Gasteiger partial charge in [0.1, 0.15) is 6.07 Å². The Bertz CT molecular complexity index is 466. The van der Waals surface area contributed by atoms with Crippen LogP contribution in [0.3, 0.4) is 0 Å². The van der Waals surface area contributed by atoms with Gasteiger partial charge in [-0.2, -0.15) is 5.26 Å². The van der Waals surface area contributed by atoms with Crippen LogP contribution in [-0.2, 0) is 14.3 Å². The number of para-hydroxylation sites is 1. The van der Waals surface area contributed by atoms with Crippen molar-refractivity contribution >= 4 is 11.6 Å². The van der Waals surface area contributed by atoms with E-state index in [1.165, 1.54) is 0 Å². The number of nitriles is 1. The molecule has 0 atom stereocenters. The first-order valence-electron chi connectivity index (χ1n) is 6.62. The lowest BCUT2D eigenvalue weighted by Crippen LogP contribution is -2.16. The molecule has 1 aromatic carbocycles. The second-order valence-corrected chi connectivity index (χ2v) is 4.49. The average Bonchev–Trinajstić information content (AvgIpc) is 2.43. The molecule has 0 aliphatic carbocycles. The number of nitrogens with zero attached hydrogens (tertiary/aromatic N) is 1. The zero-order chi connectivity index (χ0) is 14.8. The molecule has 0 spiro atoms. The number of nitrogens with one attached hydrogen (secondary N) is 1. The Hall–Kier alpha value is -1.90. The zero-order valence-electron chi connectivity index (χ0n) is 11.9. The van der Waals surface area contributed by atoms with Crippen LogP contribution in [0.1, 0.15) is 25.8 Å². The standard InChI is InChI=1S/C15H20N2O3/c1-12(2)20-10-9-19-8-7-15(18)17-14-6-4-3-5-13(14)11-16/h3-6,12H,7-10H2,1-2H3,(H,17,18). The molecule has 20 heavy (non-hydrogen) atoms. The molecular weight excluding hydrogens is 256 g/mol. The van der Waals surface area contributed by atoms with Crippen molar-refractivity contribution in [1.82, 2.24) is 0 Å². The molecule has 1 N–H and O–H groups in total. The van der Waals surface area contributed by atoms with Gasteiger partial charge in [0.05, 0.1) is 43.6 Å². The van der Waals surface area contributed by atoms with E-state index in [9.17, 15) is 4.79 Å². The molecule has 0 radical (unpaired) electrons. The number of carbonyl (C=O) groups excluding carboxylic acids is 1. The number of benzene rings is 1. The number of hydrogen-bond donors (Lipinski definition) is 1. The summed E-state index contributed by atoms with van der Waals surface area (Å²) < 4.78 is 10.6. The molecule has 108 valence electrons. The van der Waals surface area contributed by atoms with Gasteiger partial charge in [-0.05, 0) is 26.0 Å². The Morgan fingerprint density at radius 2 is 2.05 bits per heavy atom. The molecule has 1 aromatic rings. The normalized spacial score (nSPS) is 10.3. The highest BCUT2D eigenvalue weighted by molar-refractivity contribution is 5.92. The number of carbonyl (C=O) groups is 1. The predicted octanol–water partition coefficient (Wildman–Crippen LogP) is 2.33. The van der Waals surface area contributed by atoms with Gasteiger partial charge in [0.25, 0.3) is 0 Å². The van der Waals surface area contributed by atoms with Crippen molar-refractivity contribution in [1.29, 1.82) is 5.26 Å². The highest BCUT2D eigenvalue weighted by Crippen LogP contribution is 2.13. The van der Waals surface area contributed by atoms with Crippen molar-refractivity contribution in [3.63, 3.8) is 0 Å². The van der Waals surface area contributed by atoms with Crippen molar-refractivity contribution in [3.8, 4) is 6.07 Å². The minimum atomic E-state index is -0.169. The van der Waals surface area contributed by atoms with E-state index >= 15 is 0 Å². The van der Waals surface area contributed by atoms with E-state index in [-0.39, 0.29) is 18.4 Å². The molecule has 1 amide bonds. The highest BCUT2D eigenvalue weighted by Gasteiger charge is 2.06. The van der Waals surface area contributed by atoms with Gasteiger partial charge in [-0.15, -0.1) is 0 Å². The largest absolute Gasteiger partial charge is 0.379 e. The van der Waals surface area contributed by atoms with Crippen molar-refractivity contribution < 1.29 is 14.3 Å². The Morgan fingerprint density at radius 3 is 2.75 bits per heavy atom. The smallest absolute Gasteiger partial charge is 0.226 e. The van der Waals surface area contributed by atoms with E-state index in [0.717, 1.165) is 0 Å². The van der Waals surface area contributed by atoms with Crippen LogP contribution in [-0.4, -0.2) is 31.8 Å². The van der Waals surface area contributed by atoms with Crippen molar-refractivity contribution in [2.75, 3.05) is 25.1 Å². The summed E-state index contributed by atoms with van der Waals surface area (Å²) in [7, 11) is 0. The summed E-state index contributed by atoms with van der Waals surface area (Å²) in [5, 5.41) is 11.6. The van der Waals surface area contributed by atoms with Crippen LogP contribution in [0.5, 0.6) is 0 Å². The fourth-order valence-corrected chi connectivity index (χ4v) is 1.51. The fraction of sp³-hybridized carbons (Fsp3) is 0.467. The van der Waals surface area contributed by atoms with E-state index in [1.807, 2.05) is 19.9 Å². The van der Waals surface area contributed by atoms with E-state index in [2.05, 4.69) is 5.32 Å². The van der Waals surface area contributed by atoms with Crippen molar-refractivity contribution in [3.05, 3.63) is 29.8 Å². The summed E-state index contributed by atoms with van der Waals surface area (Å²) in [6, 6.07) is 8.93. The molecule has 1 rings (SSSR count). The van der Waals surface area contributed by atoms with Crippen LogP contribution in [0.2, 0.25) is 0 Å². The first-order chi connectivity index (χ1) is 9.63. The van der Waals surface area contributed by atoms with E-state index in [0.29, 0.717) is 31.1 Å². The molecule has 0 bridgehead atoms. The third-order valence-electron chi connectivity index (χ3n) is 2.47. The van der Waals surface area contributed by atoms with Gasteiger partial charge in [0.15, 0.2) is 0 Å². The SMILES string of the molecule is CC(C)OCCOCCC(=O)Nc1ccccc1C#N. The number of rotatable bonds is 8. The van der Waals surface area contributed by atoms with Gasteiger partial charge in [-0.25, -0.2) is 0 Å². The fourth-order valence-electron chi connectivity index (χ4n) is 1.51. The van der Waals surface area contributed by atoms with E-state index in [4.69, 9.17) is 14.7 Å². The molecule has 0 aromatic heterocycles. The maximum Gasteiger partial charge on any atom is 0.226 e. The lowest BCUT2D eigenvalue weighted by molar-refractivity contribution is -0.117. The highest BCUT2D eigenvalue weighted by atomic mass is 16.5. The second-order valence-electron chi connectivity index (χ2n) is 4.49. The van der Waals surface area contributed by atoms with E-state index in [1.54, 1.807) is 24.3 Å². The van der Waals surface area contributed by atoms with Crippen LogP contribution >= 0.6 is 0 Å². The van der Waals surface area contributed by atoms with Crippen LogP contribution in [0.4, 0.5) is 5.69 Å². The van der Waals surface area contributed by atoms with E-state index < -0.39 is 0 Å². The van der Waals surface area contributed by atoms with Crippen LogP contribution in [0.15, 0.2) is 24.3 Å². The summed E-state index contributed by atoms with van der Waals surface area (Å²) in [6.07, 6.45) is 0.436. The Labute approximate surface area is 119 Å². The third-order valence-corrected chi connectivity index (χ3v) is 2.47. The Balaban J connectivity index is 2.22. The molecule has 0 heterocycles. The molecular formula is C15H20N2O3. The second kappa shape index (κ2) is 9.08. The summed E-state index contributed by atoms with van der Waals surface area (Å²) >= 11 is 0. The zero-order valence-corrected chi connectivity index (χ0v) is 11.9. The predicted molar refractivity (Wildman–Crippen MR) is 76.3 cm³/mol. The minimum Gasteiger partial charge on any atom is -0.379 e. The average molecular weight is 276 g/mol. The van der Waals surface area contributed by atoms with Crippen LogP contribution in [0, 0.1) is 11.3 Å². The summed E-state index contributed by atoms with van der Waals surface area (Å²) in [6.45, 7) is 5.25. The van der Waals surface area contributed by atoms with Gasteiger partial charge in [0, 0.05) is 0 Å². The van der Waals surface area contributed by atoms with Crippen molar-refractivity contribution in [2.45, 2.75) is 26.4 Å². The van der Waals surface area contributed by atoms with Gasteiger partial charge in [-0.3, -0.25) is 4.79 Å². The number of amides is 1. The van der Waals surface area contributed by atoms with Gasteiger partial charge < -0.3 is 14.8 Å². The summed E-state index contributed by atoms with van der Waals surface area (Å²) in [5.41, 5.74) is 0.982. The maximum absolute atomic E-state index is 11.7. The number of ether oxygens (including phenoxy) is 2. The molecule has 5 nitrogen and oxygen atoms in total. The molecule has 5 heteroatoms.